The third-order valence-electron chi connectivity index (χ3n) is 3.06. The van der Waals surface area contributed by atoms with Crippen molar-refractivity contribution in [2.45, 2.75) is 20.0 Å². The summed E-state index contributed by atoms with van der Waals surface area (Å²) in [7, 11) is 0. The van der Waals surface area contributed by atoms with Crippen molar-refractivity contribution in [2.24, 2.45) is 0 Å². The number of nitrogens with one attached hydrogen (secondary N) is 1. The van der Waals surface area contributed by atoms with Crippen LogP contribution in [0.5, 0.6) is 5.75 Å². The molecule has 2 aromatic carbocycles. The molecule has 0 saturated heterocycles. The Hall–Kier alpha value is -2.82. The molecule has 0 aromatic heterocycles. The van der Waals surface area contributed by atoms with Crippen LogP contribution in [0.2, 0.25) is 0 Å². The lowest BCUT2D eigenvalue weighted by Crippen LogP contribution is -2.26. The molecule has 0 aliphatic heterocycles. The number of carbonyl (C=O) groups is 2. The van der Waals surface area contributed by atoms with Crippen LogP contribution in [0.4, 0.5) is 4.79 Å². The van der Waals surface area contributed by atoms with Crippen molar-refractivity contribution >= 4 is 12.1 Å². The smallest absolute Gasteiger partial charge is 0.407 e. The maximum atomic E-state index is 11.6. The molecule has 5 nitrogen and oxygen atoms in total. The van der Waals surface area contributed by atoms with E-state index in [4.69, 9.17) is 9.47 Å². The molecule has 0 atom stereocenters. The van der Waals surface area contributed by atoms with Crippen LogP contribution < -0.4 is 10.1 Å². The largest absolute Gasteiger partial charge is 0.445 e. The second-order valence-electron chi connectivity index (χ2n) is 4.98. The summed E-state index contributed by atoms with van der Waals surface area (Å²) in [4.78, 5) is 22.5. The predicted molar refractivity (Wildman–Crippen MR) is 86.1 cm³/mol. The molecule has 0 aliphatic carbocycles. The summed E-state index contributed by atoms with van der Waals surface area (Å²) in [5.74, 6) is 0.145. The molecule has 0 heterocycles. The molecule has 0 saturated carbocycles. The monoisotopic (exact) mass is 313 g/mol. The van der Waals surface area contributed by atoms with E-state index in [2.05, 4.69) is 5.32 Å². The molecule has 23 heavy (non-hydrogen) atoms. The van der Waals surface area contributed by atoms with Crippen molar-refractivity contribution in [3.05, 3.63) is 65.7 Å². The first-order chi connectivity index (χ1) is 11.1. The zero-order valence-corrected chi connectivity index (χ0v) is 13.0. The molecule has 2 rings (SSSR count). The van der Waals surface area contributed by atoms with Gasteiger partial charge in [0.25, 0.3) is 0 Å². The van der Waals surface area contributed by atoms with E-state index in [9.17, 15) is 9.59 Å². The molecule has 120 valence electrons. The van der Waals surface area contributed by atoms with Crippen LogP contribution in [-0.2, 0) is 22.6 Å². The Kier molecular flexibility index (Phi) is 6.17. The molecule has 2 aromatic rings. The average molecular weight is 313 g/mol. The highest BCUT2D eigenvalue weighted by Crippen LogP contribution is 2.13. The zero-order chi connectivity index (χ0) is 16.5. The van der Waals surface area contributed by atoms with Crippen molar-refractivity contribution in [3.8, 4) is 5.75 Å². The van der Waals surface area contributed by atoms with Crippen molar-refractivity contribution in [1.82, 2.24) is 5.32 Å². The molecule has 0 spiro atoms. The van der Waals surface area contributed by atoms with Gasteiger partial charge in [0.05, 0.1) is 0 Å². The third kappa shape index (κ3) is 6.22. The molecule has 0 radical (unpaired) electrons. The molecule has 0 bridgehead atoms. The van der Waals surface area contributed by atoms with Crippen LogP contribution in [0, 0.1) is 0 Å². The Morgan fingerprint density at radius 2 is 1.74 bits per heavy atom. The van der Waals surface area contributed by atoms with Crippen LogP contribution in [0.3, 0.4) is 0 Å². The average Bonchev–Trinajstić information content (AvgIpc) is 2.54. The van der Waals surface area contributed by atoms with E-state index in [1.807, 2.05) is 36.4 Å². The number of hydrogen-bond acceptors (Lipinski definition) is 4. The van der Waals surface area contributed by atoms with Crippen LogP contribution in [0.1, 0.15) is 18.1 Å². The lowest BCUT2D eigenvalue weighted by Gasteiger charge is -2.08. The fourth-order valence-electron chi connectivity index (χ4n) is 2.01. The number of amides is 1. The summed E-state index contributed by atoms with van der Waals surface area (Å²) in [6.07, 6.45) is 0.167. The topological polar surface area (TPSA) is 64.6 Å². The Bertz CT molecular complexity index is 655. The van der Waals surface area contributed by atoms with Gasteiger partial charge in [0.15, 0.2) is 0 Å². The van der Waals surface area contributed by atoms with E-state index in [-0.39, 0.29) is 12.6 Å². The van der Waals surface area contributed by atoms with E-state index in [1.54, 1.807) is 18.2 Å². The Balaban J connectivity index is 1.72. The van der Waals surface area contributed by atoms with Crippen LogP contribution >= 0.6 is 0 Å². The molecular formula is C18H19NO4. The van der Waals surface area contributed by atoms with Gasteiger partial charge in [0.2, 0.25) is 0 Å². The summed E-state index contributed by atoms with van der Waals surface area (Å²) in [6.45, 7) is 2.04. The fourth-order valence-corrected chi connectivity index (χ4v) is 2.01. The minimum absolute atomic E-state index is 0.245. The number of alkyl carbamates (subject to hydrolysis) is 1. The standard InChI is InChI=1S/C18H19NO4/c1-14(20)23-17-9-5-8-15(12-17)10-11-19-18(21)22-13-16-6-3-2-4-7-16/h2-9,12H,10-11,13H2,1H3,(H,19,21). The van der Waals surface area contributed by atoms with Gasteiger partial charge in [-0.25, -0.2) is 4.79 Å². The van der Waals surface area contributed by atoms with Crippen LogP contribution in [0.25, 0.3) is 0 Å². The first kappa shape index (κ1) is 16.5. The number of esters is 1. The van der Waals surface area contributed by atoms with E-state index < -0.39 is 6.09 Å². The second-order valence-corrected chi connectivity index (χ2v) is 4.98. The SMILES string of the molecule is CC(=O)Oc1cccc(CCNC(=O)OCc2ccccc2)c1. The summed E-state index contributed by atoms with van der Waals surface area (Å²) < 4.78 is 10.1. The third-order valence-corrected chi connectivity index (χ3v) is 3.06. The predicted octanol–water partition coefficient (Wildman–Crippen LogP) is 3.08. The second kappa shape index (κ2) is 8.58. The molecule has 1 N–H and O–H groups in total. The lowest BCUT2D eigenvalue weighted by atomic mass is 10.1. The summed E-state index contributed by atoms with van der Waals surface area (Å²) in [5.41, 5.74) is 1.91. The zero-order valence-electron chi connectivity index (χ0n) is 13.0. The van der Waals surface area contributed by atoms with E-state index in [0.29, 0.717) is 18.7 Å². The Labute approximate surface area is 135 Å². The Morgan fingerprint density at radius 1 is 1.00 bits per heavy atom. The highest BCUT2D eigenvalue weighted by molar-refractivity contribution is 5.69. The van der Waals surface area contributed by atoms with Gasteiger partial charge < -0.3 is 14.8 Å². The van der Waals surface area contributed by atoms with Crippen molar-refractivity contribution in [2.75, 3.05) is 6.54 Å². The number of rotatable bonds is 6. The van der Waals surface area contributed by atoms with Gasteiger partial charge in [0, 0.05) is 13.5 Å². The number of ether oxygens (including phenoxy) is 2. The van der Waals surface area contributed by atoms with Crippen LogP contribution in [-0.4, -0.2) is 18.6 Å². The summed E-state index contributed by atoms with van der Waals surface area (Å²) in [6, 6.07) is 16.7. The quantitative estimate of drug-likeness (QED) is 0.657. The summed E-state index contributed by atoms with van der Waals surface area (Å²) in [5, 5.41) is 2.69. The van der Waals surface area contributed by atoms with E-state index in [1.165, 1.54) is 6.92 Å². The fraction of sp³-hybridized carbons (Fsp3) is 0.222. The van der Waals surface area contributed by atoms with Crippen molar-refractivity contribution in [3.63, 3.8) is 0 Å². The summed E-state index contributed by atoms with van der Waals surface area (Å²) >= 11 is 0. The molecule has 5 heteroatoms. The highest BCUT2D eigenvalue weighted by Gasteiger charge is 2.03. The van der Waals surface area contributed by atoms with E-state index in [0.717, 1.165) is 11.1 Å². The number of hydrogen-bond donors (Lipinski definition) is 1. The van der Waals surface area contributed by atoms with Gasteiger partial charge in [-0.2, -0.15) is 0 Å². The molecule has 0 unspecified atom stereocenters. The first-order valence-electron chi connectivity index (χ1n) is 7.35. The number of carbonyl (C=O) groups excluding carboxylic acids is 2. The minimum Gasteiger partial charge on any atom is -0.445 e. The molecule has 1 amide bonds. The van der Waals surface area contributed by atoms with Crippen molar-refractivity contribution < 1.29 is 19.1 Å². The molecule has 0 fully saturated rings. The van der Waals surface area contributed by atoms with Gasteiger partial charge in [-0.1, -0.05) is 42.5 Å². The maximum absolute atomic E-state index is 11.6. The highest BCUT2D eigenvalue weighted by atomic mass is 16.5. The lowest BCUT2D eigenvalue weighted by molar-refractivity contribution is -0.131. The van der Waals surface area contributed by atoms with Gasteiger partial charge >= 0.3 is 12.1 Å². The number of benzene rings is 2. The Morgan fingerprint density at radius 3 is 2.48 bits per heavy atom. The van der Waals surface area contributed by atoms with Gasteiger partial charge in [-0.15, -0.1) is 0 Å². The van der Waals surface area contributed by atoms with Gasteiger partial charge in [-0.3, -0.25) is 4.79 Å². The minimum atomic E-state index is -0.454. The normalized spacial score (nSPS) is 9.96. The molecular weight excluding hydrogens is 294 g/mol. The molecule has 0 aliphatic rings. The van der Waals surface area contributed by atoms with Gasteiger partial charge in [-0.05, 0) is 29.7 Å². The van der Waals surface area contributed by atoms with Crippen LogP contribution in [0.15, 0.2) is 54.6 Å². The van der Waals surface area contributed by atoms with Crippen molar-refractivity contribution in [1.29, 1.82) is 0 Å². The van der Waals surface area contributed by atoms with E-state index >= 15 is 0 Å². The first-order valence-corrected chi connectivity index (χ1v) is 7.35. The maximum Gasteiger partial charge on any atom is 0.407 e. The van der Waals surface area contributed by atoms with Gasteiger partial charge in [0.1, 0.15) is 12.4 Å².